The number of carbonyl (C=O) groups excluding carboxylic acids is 2. The van der Waals surface area contributed by atoms with E-state index in [-0.39, 0.29) is 30.1 Å². The predicted octanol–water partition coefficient (Wildman–Crippen LogP) is 2.40. The molecule has 0 spiro atoms. The number of benzene rings is 1. The van der Waals surface area contributed by atoms with Crippen LogP contribution in [0.5, 0.6) is 0 Å². The maximum atomic E-state index is 12.2. The zero-order valence-corrected chi connectivity index (χ0v) is 14.8. The molecule has 22 heavy (non-hydrogen) atoms. The molecule has 2 rings (SSSR count). The van der Waals surface area contributed by atoms with E-state index in [4.69, 9.17) is 5.73 Å². The van der Waals surface area contributed by atoms with E-state index in [0.717, 1.165) is 10.2 Å². The highest BCUT2D eigenvalue weighted by atomic mass is 79.9. The first-order valence-electron chi connectivity index (χ1n) is 7.08. The van der Waals surface area contributed by atoms with Crippen molar-refractivity contribution in [3.8, 4) is 0 Å². The van der Waals surface area contributed by atoms with Crippen molar-refractivity contribution in [2.45, 2.75) is 25.8 Å². The number of anilines is 1. The summed E-state index contributed by atoms with van der Waals surface area (Å²) in [5.41, 5.74) is 6.39. The molecule has 1 aliphatic heterocycles. The number of nitrogens with zero attached hydrogens (tertiary/aromatic N) is 1. The Morgan fingerprint density at radius 1 is 1.27 bits per heavy atom. The fourth-order valence-electron chi connectivity index (χ4n) is 2.43. The Kier molecular flexibility index (Phi) is 7.32. The summed E-state index contributed by atoms with van der Waals surface area (Å²) in [4.78, 5) is 25.7. The lowest BCUT2D eigenvalue weighted by Gasteiger charge is -2.32. The van der Waals surface area contributed by atoms with Gasteiger partial charge >= 0.3 is 0 Å². The van der Waals surface area contributed by atoms with Crippen LogP contribution in [0.2, 0.25) is 0 Å². The molecule has 0 bridgehead atoms. The van der Waals surface area contributed by atoms with Gasteiger partial charge in [-0.15, -0.1) is 12.4 Å². The quantitative estimate of drug-likeness (QED) is 0.832. The van der Waals surface area contributed by atoms with E-state index < -0.39 is 6.04 Å². The van der Waals surface area contributed by atoms with E-state index in [2.05, 4.69) is 21.2 Å². The average molecular weight is 391 g/mol. The first kappa shape index (κ1) is 18.9. The van der Waals surface area contributed by atoms with Crippen molar-refractivity contribution in [2.75, 3.05) is 18.4 Å². The van der Waals surface area contributed by atoms with Crippen molar-refractivity contribution in [3.05, 3.63) is 28.7 Å². The van der Waals surface area contributed by atoms with Gasteiger partial charge in [-0.1, -0.05) is 15.9 Å². The van der Waals surface area contributed by atoms with E-state index in [1.807, 2.05) is 24.3 Å². The van der Waals surface area contributed by atoms with Crippen molar-refractivity contribution in [3.63, 3.8) is 0 Å². The van der Waals surface area contributed by atoms with Gasteiger partial charge in [0.05, 0.1) is 6.04 Å². The minimum absolute atomic E-state index is 0. The van der Waals surface area contributed by atoms with Crippen LogP contribution in [0.4, 0.5) is 5.69 Å². The van der Waals surface area contributed by atoms with Crippen LogP contribution in [-0.2, 0) is 9.59 Å². The molecule has 1 saturated heterocycles. The summed E-state index contributed by atoms with van der Waals surface area (Å²) in [6.07, 6.45) is 1.36. The smallest absolute Gasteiger partial charge is 0.239 e. The van der Waals surface area contributed by atoms with E-state index >= 15 is 0 Å². The molecule has 0 unspecified atom stereocenters. The van der Waals surface area contributed by atoms with Crippen molar-refractivity contribution < 1.29 is 9.59 Å². The fraction of sp³-hybridized carbons (Fsp3) is 0.467. The molecule has 2 amide bonds. The fourth-order valence-corrected chi connectivity index (χ4v) is 2.69. The molecule has 0 aliphatic carbocycles. The number of carbonyl (C=O) groups is 2. The van der Waals surface area contributed by atoms with Crippen LogP contribution in [0.25, 0.3) is 0 Å². The third kappa shape index (κ3) is 4.97. The van der Waals surface area contributed by atoms with Gasteiger partial charge in [-0.3, -0.25) is 9.59 Å². The molecule has 1 aromatic rings. The molecule has 1 fully saturated rings. The molecule has 1 atom stereocenters. The van der Waals surface area contributed by atoms with Crippen molar-refractivity contribution >= 4 is 45.8 Å². The second-order valence-electron chi connectivity index (χ2n) is 5.38. The lowest BCUT2D eigenvalue weighted by Crippen LogP contribution is -2.47. The number of nitrogens with one attached hydrogen (secondary N) is 1. The Morgan fingerprint density at radius 2 is 1.82 bits per heavy atom. The maximum absolute atomic E-state index is 12.2. The highest BCUT2D eigenvalue weighted by molar-refractivity contribution is 9.10. The first-order valence-corrected chi connectivity index (χ1v) is 7.87. The summed E-state index contributed by atoms with van der Waals surface area (Å²) in [7, 11) is 0. The molecular formula is C15H21BrClN3O2. The summed E-state index contributed by atoms with van der Waals surface area (Å²) < 4.78 is 0.975. The number of nitrogens with two attached hydrogens (primary N) is 1. The second kappa shape index (κ2) is 8.50. The van der Waals surface area contributed by atoms with Gasteiger partial charge in [0, 0.05) is 29.2 Å². The van der Waals surface area contributed by atoms with Gasteiger partial charge in [-0.25, -0.2) is 0 Å². The topological polar surface area (TPSA) is 75.4 Å². The number of rotatable bonds is 3. The van der Waals surface area contributed by atoms with Crippen LogP contribution < -0.4 is 11.1 Å². The van der Waals surface area contributed by atoms with Crippen molar-refractivity contribution in [1.29, 1.82) is 0 Å². The van der Waals surface area contributed by atoms with Crippen LogP contribution in [0, 0.1) is 5.92 Å². The summed E-state index contributed by atoms with van der Waals surface area (Å²) in [5, 5.41) is 2.92. The predicted molar refractivity (Wildman–Crippen MR) is 93.0 cm³/mol. The minimum Gasteiger partial charge on any atom is -0.341 e. The zero-order chi connectivity index (χ0) is 15.4. The summed E-state index contributed by atoms with van der Waals surface area (Å²) >= 11 is 3.36. The molecule has 3 N–H and O–H groups in total. The Labute approximate surface area is 145 Å². The SMILES string of the molecule is C[C@H](N)C(=O)N1CCC(C(=O)Nc2ccc(Br)cc2)CC1.Cl. The van der Waals surface area contributed by atoms with Gasteiger partial charge in [0.15, 0.2) is 0 Å². The van der Waals surface area contributed by atoms with Gasteiger partial charge in [0.25, 0.3) is 0 Å². The molecule has 1 aromatic carbocycles. The van der Waals surface area contributed by atoms with Crippen LogP contribution >= 0.6 is 28.3 Å². The minimum atomic E-state index is -0.474. The monoisotopic (exact) mass is 389 g/mol. The van der Waals surface area contributed by atoms with Gasteiger partial charge in [0.2, 0.25) is 11.8 Å². The molecule has 1 aliphatic rings. The number of likely N-dealkylation sites (tertiary alicyclic amines) is 1. The lowest BCUT2D eigenvalue weighted by atomic mass is 9.95. The highest BCUT2D eigenvalue weighted by Crippen LogP contribution is 2.21. The third-order valence-corrected chi connectivity index (χ3v) is 4.21. The lowest BCUT2D eigenvalue weighted by molar-refractivity contribution is -0.135. The van der Waals surface area contributed by atoms with Crippen molar-refractivity contribution in [2.24, 2.45) is 11.7 Å². The number of piperidine rings is 1. The largest absolute Gasteiger partial charge is 0.341 e. The molecule has 122 valence electrons. The van der Waals surface area contributed by atoms with E-state index in [0.29, 0.717) is 25.9 Å². The molecule has 0 aromatic heterocycles. The standard InChI is InChI=1S/C15H20BrN3O2.ClH/c1-10(17)15(21)19-8-6-11(7-9-19)14(20)18-13-4-2-12(16)3-5-13;/h2-5,10-11H,6-9,17H2,1H3,(H,18,20);1H/t10-;/m0./s1. The maximum Gasteiger partial charge on any atom is 0.239 e. The molecule has 0 saturated carbocycles. The molecule has 5 nitrogen and oxygen atoms in total. The normalized spacial score (nSPS) is 16.6. The van der Waals surface area contributed by atoms with Crippen LogP contribution in [0.15, 0.2) is 28.7 Å². The van der Waals surface area contributed by atoms with E-state index in [1.54, 1.807) is 11.8 Å². The van der Waals surface area contributed by atoms with Crippen molar-refractivity contribution in [1.82, 2.24) is 4.90 Å². The number of halogens is 2. The highest BCUT2D eigenvalue weighted by Gasteiger charge is 2.28. The van der Waals surface area contributed by atoms with Gasteiger partial charge < -0.3 is 16.0 Å². The van der Waals surface area contributed by atoms with Gasteiger partial charge in [-0.2, -0.15) is 0 Å². The first-order chi connectivity index (χ1) is 9.97. The number of amides is 2. The number of hydrogen-bond acceptors (Lipinski definition) is 3. The Balaban J connectivity index is 0.00000242. The third-order valence-electron chi connectivity index (χ3n) is 3.68. The Morgan fingerprint density at radius 3 is 2.32 bits per heavy atom. The van der Waals surface area contributed by atoms with Gasteiger partial charge in [0.1, 0.15) is 0 Å². The summed E-state index contributed by atoms with van der Waals surface area (Å²) in [5.74, 6) is -0.0715. The summed E-state index contributed by atoms with van der Waals surface area (Å²) in [6, 6.07) is 7.02. The Bertz CT molecular complexity index is 514. The molecule has 0 radical (unpaired) electrons. The van der Waals surface area contributed by atoms with Gasteiger partial charge in [-0.05, 0) is 44.0 Å². The van der Waals surface area contributed by atoms with Crippen LogP contribution in [0.1, 0.15) is 19.8 Å². The van der Waals surface area contributed by atoms with Crippen LogP contribution in [-0.4, -0.2) is 35.8 Å². The zero-order valence-electron chi connectivity index (χ0n) is 12.4. The molecular weight excluding hydrogens is 370 g/mol. The van der Waals surface area contributed by atoms with E-state index in [1.165, 1.54) is 0 Å². The summed E-state index contributed by atoms with van der Waals surface area (Å²) in [6.45, 7) is 2.88. The van der Waals surface area contributed by atoms with E-state index in [9.17, 15) is 9.59 Å². The van der Waals surface area contributed by atoms with Crippen LogP contribution in [0.3, 0.4) is 0 Å². The molecule has 1 heterocycles. The second-order valence-corrected chi connectivity index (χ2v) is 6.30. The average Bonchev–Trinajstić information content (AvgIpc) is 2.49. The molecule has 7 heteroatoms. The number of hydrogen-bond donors (Lipinski definition) is 2. The Hall–Kier alpha value is -1.11.